The van der Waals surface area contributed by atoms with Gasteiger partial charge in [-0.15, -0.1) is 11.3 Å². The third kappa shape index (κ3) is 2.89. The van der Waals surface area contributed by atoms with Crippen molar-refractivity contribution < 1.29 is 0 Å². The summed E-state index contributed by atoms with van der Waals surface area (Å²) in [5.74, 6) is 1.92. The van der Waals surface area contributed by atoms with Gasteiger partial charge in [0.05, 0.1) is 10.4 Å². The lowest BCUT2D eigenvalue weighted by molar-refractivity contribution is 0.257. The van der Waals surface area contributed by atoms with Gasteiger partial charge in [0.15, 0.2) is 5.82 Å². The molecule has 124 valence electrons. The molecule has 0 N–H and O–H groups in total. The molecule has 3 heterocycles. The van der Waals surface area contributed by atoms with E-state index in [9.17, 15) is 0 Å². The van der Waals surface area contributed by atoms with E-state index >= 15 is 0 Å². The first kappa shape index (κ1) is 15.5. The highest BCUT2D eigenvalue weighted by atomic mass is 32.1. The highest BCUT2D eigenvalue weighted by Crippen LogP contribution is 2.31. The van der Waals surface area contributed by atoms with E-state index in [4.69, 9.17) is 9.97 Å². The van der Waals surface area contributed by atoms with E-state index in [1.165, 1.54) is 12.8 Å². The van der Waals surface area contributed by atoms with Crippen molar-refractivity contribution in [1.82, 2.24) is 14.9 Å². The van der Waals surface area contributed by atoms with E-state index in [-0.39, 0.29) is 0 Å². The number of piperidine rings is 1. The second-order valence-corrected chi connectivity index (χ2v) is 7.52. The molecule has 24 heavy (non-hydrogen) atoms. The molecule has 1 aliphatic rings. The zero-order valence-corrected chi connectivity index (χ0v) is 15.0. The first-order valence-electron chi connectivity index (χ1n) is 8.44. The lowest BCUT2D eigenvalue weighted by Gasteiger charge is -2.37. The van der Waals surface area contributed by atoms with E-state index < -0.39 is 0 Å². The maximum absolute atomic E-state index is 4.97. The van der Waals surface area contributed by atoms with Gasteiger partial charge in [-0.1, -0.05) is 18.2 Å². The molecule has 0 saturated carbocycles. The van der Waals surface area contributed by atoms with Gasteiger partial charge in [-0.05, 0) is 50.5 Å². The van der Waals surface area contributed by atoms with Gasteiger partial charge in [0, 0.05) is 24.5 Å². The van der Waals surface area contributed by atoms with Crippen molar-refractivity contribution in [2.24, 2.45) is 0 Å². The third-order valence-electron chi connectivity index (χ3n) is 4.75. The fourth-order valence-corrected chi connectivity index (χ4v) is 4.04. The van der Waals surface area contributed by atoms with Crippen molar-refractivity contribution >= 4 is 28.1 Å². The molecule has 4 nitrogen and oxygen atoms in total. The second kappa shape index (κ2) is 6.49. The molecule has 1 unspecified atom stereocenters. The Labute approximate surface area is 146 Å². The maximum atomic E-state index is 4.97. The fourth-order valence-electron chi connectivity index (χ4n) is 3.39. The molecule has 1 fully saturated rings. The minimum absolute atomic E-state index is 0.581. The van der Waals surface area contributed by atoms with Crippen LogP contribution < -0.4 is 4.90 Å². The Morgan fingerprint density at radius 1 is 1.12 bits per heavy atom. The Morgan fingerprint density at radius 2 is 2.00 bits per heavy atom. The third-order valence-corrected chi connectivity index (χ3v) is 5.62. The highest BCUT2D eigenvalue weighted by Gasteiger charge is 2.24. The monoisotopic (exact) mass is 338 g/mol. The second-order valence-electron chi connectivity index (χ2n) is 6.57. The van der Waals surface area contributed by atoms with Crippen LogP contribution >= 0.6 is 11.3 Å². The molecule has 1 saturated heterocycles. The molecule has 1 aromatic carbocycles. The lowest BCUT2D eigenvalue weighted by atomic mass is 10.0. The summed E-state index contributed by atoms with van der Waals surface area (Å²) >= 11 is 1.69. The van der Waals surface area contributed by atoms with Gasteiger partial charge >= 0.3 is 0 Å². The molecule has 2 aromatic heterocycles. The van der Waals surface area contributed by atoms with Gasteiger partial charge in [0.25, 0.3) is 0 Å². The van der Waals surface area contributed by atoms with Crippen LogP contribution in [0.25, 0.3) is 21.6 Å². The van der Waals surface area contributed by atoms with Crippen molar-refractivity contribution in [3.8, 4) is 10.7 Å². The van der Waals surface area contributed by atoms with E-state index in [2.05, 4.69) is 65.7 Å². The molecule has 0 aliphatic carbocycles. The van der Waals surface area contributed by atoms with Gasteiger partial charge in [0.1, 0.15) is 5.82 Å². The highest BCUT2D eigenvalue weighted by molar-refractivity contribution is 7.13. The van der Waals surface area contributed by atoms with E-state index in [1.54, 1.807) is 11.3 Å². The number of thiophene rings is 1. The summed E-state index contributed by atoms with van der Waals surface area (Å²) in [4.78, 5) is 15.7. The first-order valence-corrected chi connectivity index (χ1v) is 9.32. The topological polar surface area (TPSA) is 32.3 Å². The number of para-hydroxylation sites is 1. The Morgan fingerprint density at radius 3 is 2.79 bits per heavy atom. The molecule has 1 aliphatic heterocycles. The molecule has 1 atom stereocenters. The average molecular weight is 338 g/mol. The number of aromatic nitrogens is 2. The Hall–Kier alpha value is -1.98. The molecular formula is C19H22N4S. The minimum atomic E-state index is 0.581. The largest absolute Gasteiger partial charge is 0.354 e. The molecular weight excluding hydrogens is 316 g/mol. The number of nitrogens with zero attached hydrogens (tertiary/aromatic N) is 4. The number of benzene rings is 1. The van der Waals surface area contributed by atoms with Crippen LogP contribution in [0.3, 0.4) is 0 Å². The molecule has 0 bridgehead atoms. The van der Waals surface area contributed by atoms with Crippen LogP contribution in [0.1, 0.15) is 12.8 Å². The van der Waals surface area contributed by atoms with Gasteiger partial charge in [0.2, 0.25) is 0 Å². The van der Waals surface area contributed by atoms with Gasteiger partial charge in [-0.2, -0.15) is 0 Å². The normalized spacial score (nSPS) is 18.5. The van der Waals surface area contributed by atoms with Crippen LogP contribution in [0.2, 0.25) is 0 Å². The lowest BCUT2D eigenvalue weighted by Crippen LogP contribution is -2.45. The zero-order chi connectivity index (χ0) is 16.5. The van der Waals surface area contributed by atoms with Crippen LogP contribution in [-0.2, 0) is 0 Å². The van der Waals surface area contributed by atoms with Crippen molar-refractivity contribution in [3.05, 3.63) is 41.8 Å². The zero-order valence-electron chi connectivity index (χ0n) is 14.1. The van der Waals surface area contributed by atoms with Crippen molar-refractivity contribution in [2.45, 2.75) is 18.9 Å². The Balaban J connectivity index is 1.81. The summed E-state index contributed by atoms with van der Waals surface area (Å²) in [6, 6.07) is 13.1. The SMILES string of the molecule is CN(C)C1CCCN(c2nc(-c3cccs3)nc3ccccc23)C1. The Kier molecular flexibility index (Phi) is 4.21. The van der Waals surface area contributed by atoms with Gasteiger partial charge in [-0.25, -0.2) is 9.97 Å². The molecule has 0 radical (unpaired) electrons. The molecule has 0 amide bonds. The average Bonchev–Trinajstić information content (AvgIpc) is 3.15. The first-order chi connectivity index (χ1) is 11.7. The van der Waals surface area contributed by atoms with Crippen LogP contribution in [-0.4, -0.2) is 48.1 Å². The van der Waals surface area contributed by atoms with Gasteiger partial charge in [-0.3, -0.25) is 0 Å². The molecule has 0 spiro atoms. The molecule has 3 aromatic rings. The summed E-state index contributed by atoms with van der Waals surface area (Å²) in [7, 11) is 4.34. The Bertz CT molecular complexity index is 829. The maximum Gasteiger partial charge on any atom is 0.172 e. The van der Waals surface area contributed by atoms with Crippen LogP contribution in [0.15, 0.2) is 41.8 Å². The van der Waals surface area contributed by atoms with E-state index in [0.29, 0.717) is 6.04 Å². The summed E-state index contributed by atoms with van der Waals surface area (Å²) in [6.07, 6.45) is 2.46. The number of hydrogen-bond acceptors (Lipinski definition) is 5. The van der Waals surface area contributed by atoms with E-state index in [1.807, 2.05) is 0 Å². The number of fused-ring (bicyclic) bond motifs is 1. The van der Waals surface area contributed by atoms with E-state index in [0.717, 1.165) is 40.5 Å². The summed E-state index contributed by atoms with van der Waals surface area (Å²) < 4.78 is 0. The number of anilines is 1. The summed E-state index contributed by atoms with van der Waals surface area (Å²) in [5, 5.41) is 3.23. The number of rotatable bonds is 3. The van der Waals surface area contributed by atoms with Crippen LogP contribution in [0, 0.1) is 0 Å². The quantitative estimate of drug-likeness (QED) is 0.725. The summed E-state index contributed by atoms with van der Waals surface area (Å²) in [6.45, 7) is 2.09. The predicted molar refractivity (Wildman–Crippen MR) is 102 cm³/mol. The molecule has 4 rings (SSSR count). The smallest absolute Gasteiger partial charge is 0.172 e. The van der Waals surface area contributed by atoms with Crippen LogP contribution in [0.4, 0.5) is 5.82 Å². The minimum Gasteiger partial charge on any atom is -0.354 e. The van der Waals surface area contributed by atoms with Crippen molar-refractivity contribution in [2.75, 3.05) is 32.1 Å². The van der Waals surface area contributed by atoms with Crippen molar-refractivity contribution in [1.29, 1.82) is 0 Å². The van der Waals surface area contributed by atoms with Gasteiger partial charge < -0.3 is 9.80 Å². The molecule has 5 heteroatoms. The number of likely N-dealkylation sites (N-methyl/N-ethyl adjacent to an activating group) is 1. The summed E-state index contributed by atoms with van der Waals surface area (Å²) in [5.41, 5.74) is 1.03. The fraction of sp³-hybridized carbons (Fsp3) is 0.368. The van der Waals surface area contributed by atoms with Crippen molar-refractivity contribution in [3.63, 3.8) is 0 Å². The standard InChI is InChI=1S/C19H22N4S/c1-22(2)14-7-5-11-23(13-14)19-15-8-3-4-9-16(15)20-18(21-19)17-10-6-12-24-17/h3-4,6,8-10,12,14H,5,7,11,13H2,1-2H3. The van der Waals surface area contributed by atoms with Crippen LogP contribution in [0.5, 0.6) is 0 Å². The number of hydrogen-bond donors (Lipinski definition) is 0. The predicted octanol–water partition coefficient (Wildman–Crippen LogP) is 3.89.